The molecule has 0 bridgehead atoms. The fourth-order valence-electron chi connectivity index (χ4n) is 3.89. The second-order valence-corrected chi connectivity index (χ2v) is 7.81. The van der Waals surface area contributed by atoms with Crippen LogP contribution in [-0.2, 0) is 11.3 Å². The van der Waals surface area contributed by atoms with E-state index < -0.39 is 5.54 Å². The summed E-state index contributed by atoms with van der Waals surface area (Å²) in [6.45, 7) is 2.31. The van der Waals surface area contributed by atoms with Crippen molar-refractivity contribution < 1.29 is 9.59 Å². The number of rotatable bonds is 3. The minimum Gasteiger partial charge on any atom is -0.323 e. The summed E-state index contributed by atoms with van der Waals surface area (Å²) in [5.41, 5.74) is 1.11. The molecule has 6 heteroatoms. The molecule has 1 spiro atoms. The number of nitrogens with zero attached hydrogens (tertiary/aromatic N) is 2. The zero-order valence-electron chi connectivity index (χ0n) is 14.2. The van der Waals surface area contributed by atoms with E-state index in [1.807, 2.05) is 35.7 Å². The average molecular weight is 355 g/mol. The number of nitrogens with one attached hydrogen (secondary N) is 1. The van der Waals surface area contributed by atoms with Gasteiger partial charge in [-0.15, -0.1) is 11.3 Å². The fraction of sp³-hybridized carbons (Fsp3) is 0.421. The topological polar surface area (TPSA) is 62.3 Å². The quantitative estimate of drug-likeness (QED) is 0.852. The summed E-state index contributed by atoms with van der Waals surface area (Å²) in [7, 11) is 0. The molecular weight excluding hydrogens is 334 g/mol. The van der Waals surface area contributed by atoms with Crippen LogP contribution in [0.5, 0.6) is 0 Å². The second-order valence-electron chi connectivity index (χ2n) is 6.95. The van der Waals surface area contributed by atoms with Crippen LogP contribution >= 0.6 is 11.3 Å². The molecule has 3 amide bonds. The van der Waals surface area contributed by atoms with Crippen molar-refractivity contribution in [2.45, 2.75) is 44.7 Å². The van der Waals surface area contributed by atoms with Crippen LogP contribution < -0.4 is 5.32 Å². The molecule has 4 rings (SSSR count). The lowest BCUT2D eigenvalue weighted by molar-refractivity contribution is -0.134. The lowest BCUT2D eigenvalue weighted by atomic mass is 9.73. The summed E-state index contributed by atoms with van der Waals surface area (Å²) in [5.74, 6) is 0.0944. The van der Waals surface area contributed by atoms with E-state index in [-0.39, 0.29) is 24.4 Å². The highest BCUT2D eigenvalue weighted by Crippen LogP contribution is 2.38. The molecule has 0 unspecified atom stereocenters. The Balaban J connectivity index is 1.54. The number of carbonyl (C=O) groups excluding carboxylic acids is 2. The summed E-state index contributed by atoms with van der Waals surface area (Å²) in [6.07, 6.45) is 3.83. The summed E-state index contributed by atoms with van der Waals surface area (Å²) < 4.78 is 0. The van der Waals surface area contributed by atoms with E-state index in [2.05, 4.69) is 17.2 Å². The first-order chi connectivity index (χ1) is 12.1. The Labute approximate surface area is 151 Å². The van der Waals surface area contributed by atoms with Gasteiger partial charge in [-0.1, -0.05) is 50.1 Å². The van der Waals surface area contributed by atoms with Crippen LogP contribution in [-0.4, -0.2) is 27.4 Å². The number of hydrogen-bond acceptors (Lipinski definition) is 4. The van der Waals surface area contributed by atoms with Crippen molar-refractivity contribution in [3.63, 3.8) is 0 Å². The first-order valence-electron chi connectivity index (χ1n) is 8.74. The molecule has 2 heterocycles. The monoisotopic (exact) mass is 355 g/mol. The predicted molar refractivity (Wildman–Crippen MR) is 97.0 cm³/mol. The molecule has 1 aromatic carbocycles. The van der Waals surface area contributed by atoms with Crippen molar-refractivity contribution in [3.05, 3.63) is 41.4 Å². The van der Waals surface area contributed by atoms with Gasteiger partial charge in [0.15, 0.2) is 0 Å². The maximum atomic E-state index is 13.0. The number of benzene rings is 1. The van der Waals surface area contributed by atoms with Gasteiger partial charge < -0.3 is 5.32 Å². The molecular formula is C19H21N3O2S. The number of hydrogen-bond donors (Lipinski definition) is 1. The van der Waals surface area contributed by atoms with Gasteiger partial charge in [0.2, 0.25) is 0 Å². The molecule has 5 nitrogen and oxygen atoms in total. The lowest BCUT2D eigenvalue weighted by Gasteiger charge is -2.36. The molecule has 2 atom stereocenters. The summed E-state index contributed by atoms with van der Waals surface area (Å²) in [6, 6.07) is 9.65. The SMILES string of the molecule is C[C@@H]1CCCC[C@@]12NC(=O)N(Cc1csc(-c3ccccc3)n1)C2=O. The van der Waals surface area contributed by atoms with Crippen molar-refractivity contribution in [1.29, 1.82) is 0 Å². The molecule has 2 aliphatic rings. The molecule has 1 saturated heterocycles. The normalized spacial score (nSPS) is 26.3. The zero-order chi connectivity index (χ0) is 17.4. The van der Waals surface area contributed by atoms with E-state index in [4.69, 9.17) is 0 Å². The first-order valence-corrected chi connectivity index (χ1v) is 9.62. The molecule has 130 valence electrons. The van der Waals surface area contributed by atoms with Crippen LogP contribution in [0.25, 0.3) is 10.6 Å². The van der Waals surface area contributed by atoms with Crippen LogP contribution in [0.1, 0.15) is 38.3 Å². The van der Waals surface area contributed by atoms with Gasteiger partial charge >= 0.3 is 6.03 Å². The Morgan fingerprint density at radius 3 is 2.84 bits per heavy atom. The van der Waals surface area contributed by atoms with Gasteiger partial charge in [0.05, 0.1) is 12.2 Å². The summed E-state index contributed by atoms with van der Waals surface area (Å²) in [5, 5.41) is 5.83. The molecule has 1 aliphatic heterocycles. The van der Waals surface area contributed by atoms with Gasteiger partial charge in [-0.2, -0.15) is 0 Å². The largest absolute Gasteiger partial charge is 0.325 e. The van der Waals surface area contributed by atoms with E-state index in [0.717, 1.165) is 41.9 Å². The van der Waals surface area contributed by atoms with Crippen molar-refractivity contribution in [1.82, 2.24) is 15.2 Å². The summed E-state index contributed by atoms with van der Waals surface area (Å²) >= 11 is 1.54. The average Bonchev–Trinajstić information content (AvgIpc) is 3.18. The van der Waals surface area contributed by atoms with Gasteiger partial charge in [0.25, 0.3) is 5.91 Å². The van der Waals surface area contributed by atoms with Crippen LogP contribution in [0, 0.1) is 5.92 Å². The number of thiazole rings is 1. The Kier molecular flexibility index (Phi) is 4.07. The van der Waals surface area contributed by atoms with Crippen LogP contribution in [0.15, 0.2) is 35.7 Å². The maximum Gasteiger partial charge on any atom is 0.325 e. The number of aromatic nitrogens is 1. The second kappa shape index (κ2) is 6.26. The minimum atomic E-state index is -0.701. The Morgan fingerprint density at radius 1 is 1.28 bits per heavy atom. The van der Waals surface area contributed by atoms with Crippen molar-refractivity contribution in [3.8, 4) is 10.6 Å². The van der Waals surface area contributed by atoms with Gasteiger partial charge in [-0.05, 0) is 18.8 Å². The molecule has 1 saturated carbocycles. The Hall–Kier alpha value is -2.21. The predicted octanol–water partition coefficient (Wildman–Crippen LogP) is 3.81. The molecule has 1 aliphatic carbocycles. The molecule has 1 aromatic heterocycles. The van der Waals surface area contributed by atoms with Gasteiger partial charge in [-0.25, -0.2) is 9.78 Å². The smallest absolute Gasteiger partial charge is 0.323 e. The lowest BCUT2D eigenvalue weighted by Crippen LogP contribution is -2.53. The molecule has 1 N–H and O–H groups in total. The van der Waals surface area contributed by atoms with E-state index in [0.29, 0.717) is 0 Å². The van der Waals surface area contributed by atoms with Crippen LogP contribution in [0.2, 0.25) is 0 Å². The Bertz CT molecular complexity index is 804. The first kappa shape index (κ1) is 16.3. The van der Waals surface area contributed by atoms with E-state index in [1.165, 1.54) is 16.2 Å². The standard InChI is InChI=1S/C19H21N3O2S/c1-13-7-5-6-10-19(13)17(23)22(18(24)21-19)11-15-12-25-16(20-15)14-8-3-2-4-9-14/h2-4,8-9,12-13H,5-7,10-11H2,1H3,(H,21,24)/t13-,19-/m1/s1. The molecule has 0 radical (unpaired) electrons. The third-order valence-electron chi connectivity index (χ3n) is 5.39. The Morgan fingerprint density at radius 2 is 2.08 bits per heavy atom. The van der Waals surface area contributed by atoms with Gasteiger partial charge in [-0.3, -0.25) is 9.69 Å². The van der Waals surface area contributed by atoms with E-state index in [1.54, 1.807) is 0 Å². The summed E-state index contributed by atoms with van der Waals surface area (Å²) in [4.78, 5) is 31.4. The van der Waals surface area contributed by atoms with Crippen LogP contribution in [0.4, 0.5) is 4.79 Å². The van der Waals surface area contributed by atoms with Crippen molar-refractivity contribution in [2.75, 3.05) is 0 Å². The molecule has 25 heavy (non-hydrogen) atoms. The zero-order valence-corrected chi connectivity index (χ0v) is 15.0. The number of carbonyl (C=O) groups is 2. The van der Waals surface area contributed by atoms with E-state index in [9.17, 15) is 9.59 Å². The molecule has 2 fully saturated rings. The van der Waals surface area contributed by atoms with Gasteiger partial charge in [0.1, 0.15) is 10.5 Å². The van der Waals surface area contributed by atoms with Crippen molar-refractivity contribution in [2.24, 2.45) is 5.92 Å². The van der Waals surface area contributed by atoms with Gasteiger partial charge in [0, 0.05) is 10.9 Å². The number of imide groups is 1. The maximum absolute atomic E-state index is 13.0. The third-order valence-corrected chi connectivity index (χ3v) is 6.33. The third kappa shape index (κ3) is 2.74. The highest BCUT2D eigenvalue weighted by atomic mass is 32.1. The van der Waals surface area contributed by atoms with E-state index >= 15 is 0 Å². The minimum absolute atomic E-state index is 0.0843. The number of amides is 3. The molecule has 2 aromatic rings. The van der Waals surface area contributed by atoms with Crippen LogP contribution in [0.3, 0.4) is 0 Å². The fourth-order valence-corrected chi connectivity index (χ4v) is 4.71. The van der Waals surface area contributed by atoms with Crippen molar-refractivity contribution >= 4 is 23.3 Å². The highest BCUT2D eigenvalue weighted by molar-refractivity contribution is 7.13. The number of urea groups is 1. The highest BCUT2D eigenvalue weighted by Gasteiger charge is 2.54.